The van der Waals surface area contributed by atoms with E-state index in [2.05, 4.69) is 0 Å². The van der Waals surface area contributed by atoms with E-state index in [0.29, 0.717) is 0 Å². The maximum Gasteiger partial charge on any atom is 0.243 e. The smallest absolute Gasteiger partial charge is 0.243 e. The van der Waals surface area contributed by atoms with Gasteiger partial charge in [-0.2, -0.15) is 4.31 Å². The van der Waals surface area contributed by atoms with Crippen molar-refractivity contribution in [2.45, 2.75) is 29.2 Å². The van der Waals surface area contributed by atoms with Gasteiger partial charge in [-0.3, -0.25) is 4.79 Å². The van der Waals surface area contributed by atoms with E-state index in [1.807, 2.05) is 37.4 Å². The Labute approximate surface area is 159 Å². The molecule has 0 spiro atoms. The lowest BCUT2D eigenvalue weighted by molar-refractivity contribution is -0.118. The van der Waals surface area contributed by atoms with Gasteiger partial charge in [0.1, 0.15) is 0 Å². The lowest BCUT2D eigenvalue weighted by Gasteiger charge is -2.25. The van der Waals surface area contributed by atoms with Crippen LogP contribution in [-0.4, -0.2) is 44.5 Å². The Kier molecular flexibility index (Phi) is 5.41. The molecule has 2 aromatic carbocycles. The van der Waals surface area contributed by atoms with Gasteiger partial charge in [0.05, 0.1) is 11.4 Å². The van der Waals surface area contributed by atoms with Crippen molar-refractivity contribution >= 4 is 33.4 Å². The highest BCUT2D eigenvalue weighted by molar-refractivity contribution is 7.98. The predicted molar refractivity (Wildman–Crippen MR) is 105 cm³/mol. The van der Waals surface area contributed by atoms with Gasteiger partial charge >= 0.3 is 0 Å². The van der Waals surface area contributed by atoms with Crippen LogP contribution in [0, 0.1) is 0 Å². The highest BCUT2D eigenvalue weighted by Crippen LogP contribution is 2.32. The fourth-order valence-electron chi connectivity index (χ4n) is 3.22. The van der Waals surface area contributed by atoms with E-state index in [4.69, 9.17) is 0 Å². The molecule has 7 heteroatoms. The van der Waals surface area contributed by atoms with Crippen molar-refractivity contribution in [1.29, 1.82) is 0 Å². The third-order valence-electron chi connectivity index (χ3n) is 4.60. The van der Waals surface area contributed by atoms with Crippen LogP contribution < -0.4 is 4.90 Å². The molecule has 0 radical (unpaired) electrons. The van der Waals surface area contributed by atoms with E-state index in [0.717, 1.165) is 26.9 Å². The second kappa shape index (κ2) is 7.42. The van der Waals surface area contributed by atoms with Crippen molar-refractivity contribution in [3.8, 4) is 0 Å². The molecule has 0 bridgehead atoms. The molecule has 0 N–H and O–H groups in total. The first kappa shape index (κ1) is 18.9. The number of anilines is 1. The van der Waals surface area contributed by atoms with Gasteiger partial charge in [0.2, 0.25) is 15.9 Å². The summed E-state index contributed by atoms with van der Waals surface area (Å²) in [6.45, 7) is 1.79. The van der Waals surface area contributed by atoms with Crippen molar-refractivity contribution in [1.82, 2.24) is 4.31 Å². The molecule has 0 aromatic heterocycles. The molecule has 0 fully saturated rings. The Morgan fingerprint density at radius 3 is 2.50 bits per heavy atom. The quantitative estimate of drug-likeness (QED) is 0.737. The van der Waals surface area contributed by atoms with E-state index in [1.54, 1.807) is 40.9 Å². The van der Waals surface area contributed by atoms with Crippen molar-refractivity contribution in [3.05, 3.63) is 54.1 Å². The van der Waals surface area contributed by atoms with Crippen LogP contribution in [0.3, 0.4) is 0 Å². The minimum Gasteiger partial charge on any atom is -0.308 e. The molecule has 1 aliphatic rings. The van der Waals surface area contributed by atoms with Gasteiger partial charge in [0.15, 0.2) is 0 Å². The summed E-state index contributed by atoms with van der Waals surface area (Å²) in [6, 6.07) is 14.5. The second-order valence-corrected chi connectivity index (χ2v) is 9.31. The summed E-state index contributed by atoms with van der Waals surface area (Å²) in [4.78, 5) is 15.7. The fourth-order valence-corrected chi connectivity index (χ4v) is 4.75. The number of sulfonamides is 1. The Hall–Kier alpha value is -1.83. The minimum atomic E-state index is -3.71. The molecule has 0 saturated carbocycles. The molecule has 1 atom stereocenters. The molecular formula is C19H22N2O3S2. The van der Waals surface area contributed by atoms with Crippen LogP contribution in [0.5, 0.6) is 0 Å². The third kappa shape index (κ3) is 3.51. The lowest BCUT2D eigenvalue weighted by Crippen LogP contribution is -2.43. The molecule has 1 aliphatic heterocycles. The highest BCUT2D eigenvalue weighted by Gasteiger charge is 2.33. The number of benzene rings is 2. The highest BCUT2D eigenvalue weighted by atomic mass is 32.2. The number of fused-ring (bicyclic) bond motifs is 1. The molecular weight excluding hydrogens is 368 g/mol. The van der Waals surface area contributed by atoms with E-state index in [9.17, 15) is 13.2 Å². The number of carbonyl (C=O) groups is 1. The molecule has 138 valence electrons. The maximum atomic E-state index is 12.8. The van der Waals surface area contributed by atoms with Gasteiger partial charge in [-0.1, -0.05) is 18.2 Å². The molecule has 0 unspecified atom stereocenters. The number of amides is 1. The average Bonchev–Trinajstić information content (AvgIpc) is 2.97. The van der Waals surface area contributed by atoms with Gasteiger partial charge in [-0.25, -0.2) is 8.42 Å². The third-order valence-corrected chi connectivity index (χ3v) is 7.16. The summed E-state index contributed by atoms with van der Waals surface area (Å²) < 4.78 is 26.6. The number of hydrogen-bond donors (Lipinski definition) is 0. The Morgan fingerprint density at radius 1 is 1.19 bits per heavy atom. The summed E-state index contributed by atoms with van der Waals surface area (Å²) in [6.07, 6.45) is 2.72. The zero-order valence-electron chi connectivity index (χ0n) is 15.0. The maximum absolute atomic E-state index is 12.8. The number of hydrogen-bond acceptors (Lipinski definition) is 4. The van der Waals surface area contributed by atoms with Crippen LogP contribution in [0.15, 0.2) is 58.3 Å². The lowest BCUT2D eigenvalue weighted by atomic mass is 10.1. The Balaban J connectivity index is 1.78. The average molecular weight is 391 g/mol. The van der Waals surface area contributed by atoms with E-state index in [-0.39, 0.29) is 23.4 Å². The largest absolute Gasteiger partial charge is 0.308 e. The first-order valence-corrected chi connectivity index (χ1v) is 11.0. The van der Waals surface area contributed by atoms with Gasteiger partial charge in [-0.15, -0.1) is 11.8 Å². The van der Waals surface area contributed by atoms with Gasteiger partial charge in [-0.05, 0) is 55.5 Å². The molecule has 0 saturated heterocycles. The molecule has 2 aromatic rings. The van der Waals surface area contributed by atoms with Crippen LogP contribution in [0.2, 0.25) is 0 Å². The molecule has 5 nitrogen and oxygen atoms in total. The molecule has 0 aliphatic carbocycles. The number of likely N-dealkylation sites (N-methyl/N-ethyl adjacent to an activating group) is 1. The first-order valence-electron chi connectivity index (χ1n) is 8.35. The van der Waals surface area contributed by atoms with Crippen LogP contribution in [0.4, 0.5) is 5.69 Å². The number of para-hydroxylation sites is 1. The Bertz CT molecular complexity index is 911. The monoisotopic (exact) mass is 390 g/mol. The summed E-state index contributed by atoms with van der Waals surface area (Å²) in [5.41, 5.74) is 1.99. The van der Waals surface area contributed by atoms with Crippen molar-refractivity contribution in [2.75, 3.05) is 24.7 Å². The summed E-state index contributed by atoms with van der Waals surface area (Å²) in [5.74, 6) is -0.214. The fraction of sp³-hybridized carbons (Fsp3) is 0.316. The first-order chi connectivity index (χ1) is 12.3. The zero-order valence-corrected chi connectivity index (χ0v) is 16.7. The zero-order chi connectivity index (χ0) is 18.9. The Morgan fingerprint density at radius 2 is 1.85 bits per heavy atom. The normalized spacial score (nSPS) is 16.8. The second-order valence-electron chi connectivity index (χ2n) is 6.38. The molecule has 1 heterocycles. The predicted octanol–water partition coefficient (Wildman–Crippen LogP) is 3.01. The molecule has 26 heavy (non-hydrogen) atoms. The van der Waals surface area contributed by atoms with E-state index in [1.165, 1.54) is 7.05 Å². The minimum absolute atomic E-state index is 0.0249. The SMILES string of the molecule is CSc1ccc(S(=O)(=O)N(C)CC(=O)N2c3ccccc3C[C@H]2C)cc1. The van der Waals surface area contributed by atoms with Crippen molar-refractivity contribution < 1.29 is 13.2 Å². The van der Waals surface area contributed by atoms with Crippen LogP contribution in [0.1, 0.15) is 12.5 Å². The molecule has 3 rings (SSSR count). The van der Waals surface area contributed by atoms with Crippen LogP contribution in [0.25, 0.3) is 0 Å². The summed E-state index contributed by atoms with van der Waals surface area (Å²) >= 11 is 1.55. The standard InChI is InChI=1S/C19H22N2O3S2/c1-14-12-15-6-4-5-7-18(15)21(14)19(22)13-20(2)26(23,24)17-10-8-16(25-3)9-11-17/h4-11,14H,12-13H2,1-3H3/t14-/m1/s1. The van der Waals surface area contributed by atoms with Crippen molar-refractivity contribution in [3.63, 3.8) is 0 Å². The number of rotatable bonds is 5. The number of thioether (sulfide) groups is 1. The molecule has 1 amide bonds. The van der Waals surface area contributed by atoms with E-state index < -0.39 is 10.0 Å². The van der Waals surface area contributed by atoms with Crippen molar-refractivity contribution in [2.24, 2.45) is 0 Å². The van der Waals surface area contributed by atoms with Gasteiger partial charge in [0.25, 0.3) is 0 Å². The number of carbonyl (C=O) groups excluding carboxylic acids is 1. The number of nitrogens with zero attached hydrogens (tertiary/aromatic N) is 2. The summed E-state index contributed by atoms with van der Waals surface area (Å²) in [5, 5.41) is 0. The van der Waals surface area contributed by atoms with Crippen LogP contribution in [-0.2, 0) is 21.2 Å². The topological polar surface area (TPSA) is 57.7 Å². The van der Waals surface area contributed by atoms with Crippen LogP contribution >= 0.6 is 11.8 Å². The summed E-state index contributed by atoms with van der Waals surface area (Å²) in [7, 11) is -2.26. The van der Waals surface area contributed by atoms with Gasteiger partial charge in [0, 0.05) is 23.7 Å². The van der Waals surface area contributed by atoms with E-state index >= 15 is 0 Å². The van der Waals surface area contributed by atoms with Gasteiger partial charge < -0.3 is 4.90 Å².